The van der Waals surface area contributed by atoms with Crippen molar-refractivity contribution < 1.29 is 0 Å². The van der Waals surface area contributed by atoms with Crippen molar-refractivity contribution in [2.45, 2.75) is 57.7 Å². The number of rotatable bonds is 2. The van der Waals surface area contributed by atoms with Gasteiger partial charge >= 0.3 is 0 Å². The van der Waals surface area contributed by atoms with Gasteiger partial charge in [0.25, 0.3) is 0 Å². The fraction of sp³-hybridized carbons (Fsp3) is 0.917. The molecule has 0 saturated heterocycles. The predicted octanol–water partition coefficient (Wildman–Crippen LogP) is 3.04. The molecular formula is C12H22N2S. The largest absolute Gasteiger partial charge is 0.362 e. The Balaban J connectivity index is 1.88. The summed E-state index contributed by atoms with van der Waals surface area (Å²) >= 11 is 1.94. The third-order valence-electron chi connectivity index (χ3n) is 3.73. The molecule has 0 aromatic carbocycles. The van der Waals surface area contributed by atoms with E-state index in [1.54, 1.807) is 0 Å². The van der Waals surface area contributed by atoms with Crippen LogP contribution >= 0.6 is 11.8 Å². The van der Waals surface area contributed by atoms with Crippen LogP contribution < -0.4 is 5.32 Å². The van der Waals surface area contributed by atoms with E-state index in [9.17, 15) is 0 Å². The average molecular weight is 226 g/mol. The van der Waals surface area contributed by atoms with Crippen molar-refractivity contribution in [2.75, 3.05) is 6.54 Å². The number of hydrogen-bond acceptors (Lipinski definition) is 3. The summed E-state index contributed by atoms with van der Waals surface area (Å²) in [5.41, 5.74) is 0.452. The van der Waals surface area contributed by atoms with Gasteiger partial charge in [-0.1, -0.05) is 39.0 Å². The number of nitrogens with zero attached hydrogens (tertiary/aromatic N) is 1. The first kappa shape index (κ1) is 11.3. The molecule has 2 unspecified atom stereocenters. The lowest BCUT2D eigenvalue weighted by Crippen LogP contribution is -2.40. The third-order valence-corrected chi connectivity index (χ3v) is 5.01. The second-order valence-electron chi connectivity index (χ2n) is 5.37. The number of amidine groups is 1. The second-order valence-corrected chi connectivity index (χ2v) is 6.66. The standard InChI is InChI=1S/C12H22N2S/c1-4-9-8-13-11(15-9)14-10-6-5-7-12(10,2)3/h9-10H,4-8H2,1-3H3,(H,13,14). The Labute approximate surface area is 97.3 Å². The molecule has 1 heterocycles. The fourth-order valence-corrected chi connectivity index (χ4v) is 3.44. The first-order chi connectivity index (χ1) is 7.12. The summed E-state index contributed by atoms with van der Waals surface area (Å²) in [4.78, 5) is 4.59. The molecule has 1 aliphatic heterocycles. The number of hydrogen-bond donors (Lipinski definition) is 1. The van der Waals surface area contributed by atoms with Gasteiger partial charge < -0.3 is 5.32 Å². The average Bonchev–Trinajstić information content (AvgIpc) is 2.75. The predicted molar refractivity (Wildman–Crippen MR) is 68.5 cm³/mol. The number of aliphatic imine (C=N–C) groups is 1. The maximum Gasteiger partial charge on any atom is 0.157 e. The van der Waals surface area contributed by atoms with Gasteiger partial charge in [-0.25, -0.2) is 0 Å². The summed E-state index contributed by atoms with van der Waals surface area (Å²) in [7, 11) is 0. The van der Waals surface area contributed by atoms with E-state index in [-0.39, 0.29) is 0 Å². The molecule has 2 aliphatic rings. The lowest BCUT2D eigenvalue weighted by atomic mass is 9.87. The van der Waals surface area contributed by atoms with E-state index in [1.165, 1.54) is 30.9 Å². The van der Waals surface area contributed by atoms with Gasteiger partial charge in [-0.05, 0) is 24.7 Å². The van der Waals surface area contributed by atoms with E-state index in [4.69, 9.17) is 0 Å². The Morgan fingerprint density at radius 1 is 1.53 bits per heavy atom. The lowest BCUT2D eigenvalue weighted by Gasteiger charge is -2.28. The van der Waals surface area contributed by atoms with Crippen molar-refractivity contribution in [3.8, 4) is 0 Å². The van der Waals surface area contributed by atoms with E-state index in [2.05, 4.69) is 31.1 Å². The van der Waals surface area contributed by atoms with Gasteiger partial charge in [0.1, 0.15) is 0 Å². The van der Waals surface area contributed by atoms with E-state index >= 15 is 0 Å². The minimum atomic E-state index is 0.452. The fourth-order valence-electron chi connectivity index (χ4n) is 2.45. The van der Waals surface area contributed by atoms with Crippen molar-refractivity contribution in [3.05, 3.63) is 0 Å². The maximum absolute atomic E-state index is 4.59. The quantitative estimate of drug-likeness (QED) is 0.782. The van der Waals surface area contributed by atoms with E-state index in [0.717, 1.165) is 11.8 Å². The molecule has 1 aliphatic carbocycles. The van der Waals surface area contributed by atoms with Gasteiger partial charge in [-0.15, -0.1) is 0 Å². The highest BCUT2D eigenvalue weighted by Gasteiger charge is 2.35. The smallest absolute Gasteiger partial charge is 0.157 e. The lowest BCUT2D eigenvalue weighted by molar-refractivity contribution is 0.312. The Bertz CT molecular complexity index is 260. The topological polar surface area (TPSA) is 24.4 Å². The van der Waals surface area contributed by atoms with Crippen LogP contribution in [0.1, 0.15) is 46.5 Å². The van der Waals surface area contributed by atoms with Crippen molar-refractivity contribution >= 4 is 16.9 Å². The summed E-state index contributed by atoms with van der Waals surface area (Å²) in [6, 6.07) is 0.638. The summed E-state index contributed by atoms with van der Waals surface area (Å²) in [5, 5.41) is 5.56. The minimum Gasteiger partial charge on any atom is -0.362 e. The van der Waals surface area contributed by atoms with Crippen LogP contribution in [-0.4, -0.2) is 23.0 Å². The summed E-state index contributed by atoms with van der Waals surface area (Å²) in [5.74, 6) is 0. The number of nitrogens with one attached hydrogen (secondary N) is 1. The van der Waals surface area contributed by atoms with Crippen LogP contribution in [0.25, 0.3) is 0 Å². The maximum atomic E-state index is 4.59. The van der Waals surface area contributed by atoms with Crippen LogP contribution in [-0.2, 0) is 0 Å². The van der Waals surface area contributed by atoms with Crippen LogP contribution in [0.15, 0.2) is 4.99 Å². The van der Waals surface area contributed by atoms with Crippen molar-refractivity contribution in [1.82, 2.24) is 5.32 Å². The Morgan fingerprint density at radius 2 is 2.33 bits per heavy atom. The molecule has 1 N–H and O–H groups in total. The van der Waals surface area contributed by atoms with Gasteiger partial charge in [-0.2, -0.15) is 0 Å². The molecule has 0 bridgehead atoms. The van der Waals surface area contributed by atoms with Crippen molar-refractivity contribution in [3.63, 3.8) is 0 Å². The SMILES string of the molecule is CCC1CN=C(NC2CCCC2(C)C)S1. The zero-order valence-corrected chi connectivity index (χ0v) is 10.9. The summed E-state index contributed by atoms with van der Waals surface area (Å²) < 4.78 is 0. The highest BCUT2D eigenvalue weighted by molar-refractivity contribution is 8.14. The molecule has 0 amide bonds. The molecule has 1 saturated carbocycles. The second kappa shape index (κ2) is 4.36. The van der Waals surface area contributed by atoms with Gasteiger partial charge in [-0.3, -0.25) is 4.99 Å². The first-order valence-electron chi connectivity index (χ1n) is 6.09. The molecule has 0 aromatic rings. The summed E-state index contributed by atoms with van der Waals surface area (Å²) in [6.45, 7) is 8.00. The minimum absolute atomic E-state index is 0.452. The van der Waals surface area contributed by atoms with E-state index < -0.39 is 0 Å². The first-order valence-corrected chi connectivity index (χ1v) is 6.97. The van der Waals surface area contributed by atoms with Crippen LogP contribution in [0.4, 0.5) is 0 Å². The Hall–Kier alpha value is -0.180. The van der Waals surface area contributed by atoms with E-state index in [1.807, 2.05) is 11.8 Å². The zero-order chi connectivity index (χ0) is 10.9. The zero-order valence-electron chi connectivity index (χ0n) is 10.0. The molecule has 2 atom stereocenters. The molecule has 2 nitrogen and oxygen atoms in total. The number of thioether (sulfide) groups is 1. The molecular weight excluding hydrogens is 204 g/mol. The molecule has 86 valence electrons. The molecule has 2 rings (SSSR count). The van der Waals surface area contributed by atoms with Crippen LogP contribution in [0.2, 0.25) is 0 Å². The van der Waals surface area contributed by atoms with Gasteiger partial charge in [0.05, 0.1) is 6.54 Å². The van der Waals surface area contributed by atoms with Gasteiger partial charge in [0.2, 0.25) is 0 Å². The normalized spacial score (nSPS) is 34.2. The van der Waals surface area contributed by atoms with Gasteiger partial charge in [0.15, 0.2) is 5.17 Å². The Kier molecular flexibility index (Phi) is 3.29. The van der Waals surface area contributed by atoms with Crippen molar-refractivity contribution in [1.29, 1.82) is 0 Å². The van der Waals surface area contributed by atoms with Crippen LogP contribution in [0, 0.1) is 5.41 Å². The van der Waals surface area contributed by atoms with Gasteiger partial charge in [0, 0.05) is 11.3 Å². The third kappa shape index (κ3) is 2.49. The highest BCUT2D eigenvalue weighted by atomic mass is 32.2. The Morgan fingerprint density at radius 3 is 2.87 bits per heavy atom. The van der Waals surface area contributed by atoms with E-state index in [0.29, 0.717) is 11.5 Å². The van der Waals surface area contributed by atoms with Crippen LogP contribution in [0.5, 0.6) is 0 Å². The van der Waals surface area contributed by atoms with Crippen molar-refractivity contribution in [2.24, 2.45) is 10.4 Å². The monoisotopic (exact) mass is 226 g/mol. The molecule has 15 heavy (non-hydrogen) atoms. The molecule has 0 aromatic heterocycles. The summed E-state index contributed by atoms with van der Waals surface area (Å²) in [6.07, 6.45) is 5.25. The highest BCUT2D eigenvalue weighted by Crippen LogP contribution is 2.38. The molecule has 0 spiro atoms. The molecule has 0 radical (unpaired) electrons. The molecule has 1 fully saturated rings. The van der Waals surface area contributed by atoms with Crippen LogP contribution in [0.3, 0.4) is 0 Å². The molecule has 3 heteroatoms.